The predicted molar refractivity (Wildman–Crippen MR) is 81.6 cm³/mol. The van der Waals surface area contributed by atoms with E-state index < -0.39 is 0 Å². The van der Waals surface area contributed by atoms with Crippen LogP contribution in [0.1, 0.15) is 25.0 Å². The molecular formula is C16H26N4. The van der Waals surface area contributed by atoms with Crippen LogP contribution in [0.5, 0.6) is 0 Å². The summed E-state index contributed by atoms with van der Waals surface area (Å²) in [5.74, 6) is 0. The van der Waals surface area contributed by atoms with Gasteiger partial charge in [0.2, 0.25) is 0 Å². The molecule has 0 aromatic carbocycles. The van der Waals surface area contributed by atoms with Crippen molar-refractivity contribution >= 4 is 0 Å². The van der Waals surface area contributed by atoms with Crippen molar-refractivity contribution in [3.05, 3.63) is 30.1 Å². The normalized spacial score (nSPS) is 27.4. The largest absolute Gasteiger partial charge is 0.329 e. The van der Waals surface area contributed by atoms with Crippen molar-refractivity contribution in [2.24, 2.45) is 5.73 Å². The molecule has 1 aliphatic heterocycles. The lowest BCUT2D eigenvalue weighted by molar-refractivity contribution is 0.129. The van der Waals surface area contributed by atoms with E-state index in [0.717, 1.165) is 32.1 Å². The van der Waals surface area contributed by atoms with Gasteiger partial charge in [0.05, 0.1) is 0 Å². The first-order chi connectivity index (χ1) is 9.73. The number of aromatic nitrogens is 1. The molecule has 2 heterocycles. The zero-order chi connectivity index (χ0) is 14.0. The van der Waals surface area contributed by atoms with Crippen molar-refractivity contribution in [3.63, 3.8) is 0 Å². The minimum absolute atomic E-state index is 0.178. The number of hydrogen-bond donors (Lipinski definition) is 1. The van der Waals surface area contributed by atoms with Crippen LogP contribution in [0.25, 0.3) is 0 Å². The highest BCUT2D eigenvalue weighted by atomic mass is 15.3. The monoisotopic (exact) mass is 274 g/mol. The summed E-state index contributed by atoms with van der Waals surface area (Å²) in [6.45, 7) is 4.16. The molecule has 4 nitrogen and oxygen atoms in total. The summed E-state index contributed by atoms with van der Waals surface area (Å²) < 4.78 is 0. The first kappa shape index (κ1) is 14.0. The number of rotatable bonds is 6. The molecule has 1 unspecified atom stereocenters. The van der Waals surface area contributed by atoms with Crippen molar-refractivity contribution < 1.29 is 0 Å². The van der Waals surface area contributed by atoms with Crippen molar-refractivity contribution in [2.75, 3.05) is 33.2 Å². The number of hydrogen-bond acceptors (Lipinski definition) is 4. The highest BCUT2D eigenvalue weighted by molar-refractivity contribution is 5.06. The SMILES string of the molecule is CN(CCc1ccccn1)C1(CN)CCN(C2CC2)C1. The van der Waals surface area contributed by atoms with Gasteiger partial charge in [-0.25, -0.2) is 0 Å². The third-order valence-corrected chi connectivity index (χ3v) is 5.04. The fraction of sp³-hybridized carbons (Fsp3) is 0.688. The second-order valence-electron chi connectivity index (χ2n) is 6.37. The second-order valence-corrected chi connectivity index (χ2v) is 6.37. The summed E-state index contributed by atoms with van der Waals surface area (Å²) in [5, 5.41) is 0. The number of nitrogens with zero attached hydrogens (tertiary/aromatic N) is 3. The smallest absolute Gasteiger partial charge is 0.0467 e. The quantitative estimate of drug-likeness (QED) is 0.844. The maximum atomic E-state index is 6.14. The Morgan fingerprint density at radius 3 is 2.95 bits per heavy atom. The second kappa shape index (κ2) is 5.80. The average Bonchev–Trinajstić information content (AvgIpc) is 3.25. The Kier molecular flexibility index (Phi) is 4.06. The molecule has 2 fully saturated rings. The third-order valence-electron chi connectivity index (χ3n) is 5.04. The summed E-state index contributed by atoms with van der Waals surface area (Å²) in [6, 6.07) is 6.99. The molecule has 1 saturated carbocycles. The fourth-order valence-corrected chi connectivity index (χ4v) is 3.34. The molecule has 0 spiro atoms. The standard InChI is InChI=1S/C16H26N4/c1-19(10-7-14-4-2-3-9-18-14)16(12-17)8-11-20(13-16)15-5-6-15/h2-4,9,15H,5-8,10-13,17H2,1H3. The number of nitrogens with two attached hydrogens (primary N) is 1. The van der Waals surface area contributed by atoms with Gasteiger partial charge in [-0.3, -0.25) is 14.8 Å². The molecule has 110 valence electrons. The molecule has 3 rings (SSSR count). The zero-order valence-corrected chi connectivity index (χ0v) is 12.5. The van der Waals surface area contributed by atoms with Gasteiger partial charge in [-0.2, -0.15) is 0 Å². The predicted octanol–water partition coefficient (Wildman–Crippen LogP) is 1.12. The number of likely N-dealkylation sites (tertiary alicyclic amines) is 1. The number of likely N-dealkylation sites (N-methyl/N-ethyl adjacent to an activating group) is 1. The Bertz CT molecular complexity index is 431. The highest BCUT2D eigenvalue weighted by Crippen LogP contribution is 2.35. The first-order valence-corrected chi connectivity index (χ1v) is 7.79. The van der Waals surface area contributed by atoms with Gasteiger partial charge in [-0.1, -0.05) is 6.07 Å². The van der Waals surface area contributed by atoms with Gasteiger partial charge in [0, 0.05) is 56.1 Å². The molecular weight excluding hydrogens is 248 g/mol. The van der Waals surface area contributed by atoms with Gasteiger partial charge in [-0.15, -0.1) is 0 Å². The van der Waals surface area contributed by atoms with Crippen LogP contribution in [0.3, 0.4) is 0 Å². The Morgan fingerprint density at radius 1 is 1.45 bits per heavy atom. The molecule has 0 bridgehead atoms. The van der Waals surface area contributed by atoms with E-state index in [1.165, 1.54) is 31.5 Å². The van der Waals surface area contributed by atoms with Crippen LogP contribution in [0.2, 0.25) is 0 Å². The van der Waals surface area contributed by atoms with E-state index in [2.05, 4.69) is 34.0 Å². The Morgan fingerprint density at radius 2 is 2.30 bits per heavy atom. The molecule has 1 aliphatic carbocycles. The van der Waals surface area contributed by atoms with Gasteiger partial charge in [0.25, 0.3) is 0 Å². The van der Waals surface area contributed by atoms with Crippen molar-refractivity contribution in [1.82, 2.24) is 14.8 Å². The van der Waals surface area contributed by atoms with Gasteiger partial charge < -0.3 is 5.73 Å². The first-order valence-electron chi connectivity index (χ1n) is 7.79. The van der Waals surface area contributed by atoms with Gasteiger partial charge in [0.15, 0.2) is 0 Å². The molecule has 2 aliphatic rings. The lowest BCUT2D eigenvalue weighted by Crippen LogP contribution is -2.54. The van der Waals surface area contributed by atoms with Crippen LogP contribution < -0.4 is 5.73 Å². The summed E-state index contributed by atoms with van der Waals surface area (Å²) in [7, 11) is 2.23. The Hall–Kier alpha value is -0.970. The third kappa shape index (κ3) is 2.87. The van der Waals surface area contributed by atoms with Crippen molar-refractivity contribution in [1.29, 1.82) is 0 Å². The molecule has 1 aromatic rings. The van der Waals surface area contributed by atoms with Crippen LogP contribution in [-0.4, -0.2) is 59.6 Å². The molecule has 2 N–H and O–H groups in total. The minimum Gasteiger partial charge on any atom is -0.329 e. The molecule has 0 radical (unpaired) electrons. The van der Waals surface area contributed by atoms with E-state index in [1.54, 1.807) is 0 Å². The molecule has 4 heteroatoms. The van der Waals surface area contributed by atoms with Gasteiger partial charge >= 0.3 is 0 Å². The maximum absolute atomic E-state index is 6.14. The van der Waals surface area contributed by atoms with Crippen molar-refractivity contribution in [2.45, 2.75) is 37.3 Å². The van der Waals surface area contributed by atoms with Crippen LogP contribution >= 0.6 is 0 Å². The van der Waals surface area contributed by atoms with Crippen LogP contribution in [-0.2, 0) is 6.42 Å². The number of pyridine rings is 1. The Balaban J connectivity index is 1.58. The van der Waals surface area contributed by atoms with E-state index in [0.29, 0.717) is 0 Å². The minimum atomic E-state index is 0.178. The molecule has 0 amide bonds. The van der Waals surface area contributed by atoms with Crippen molar-refractivity contribution in [3.8, 4) is 0 Å². The highest BCUT2D eigenvalue weighted by Gasteiger charge is 2.44. The Labute approximate surface area is 122 Å². The summed E-state index contributed by atoms with van der Waals surface area (Å²) in [5.41, 5.74) is 7.49. The van der Waals surface area contributed by atoms with Gasteiger partial charge in [-0.05, 0) is 38.4 Å². The van der Waals surface area contributed by atoms with E-state index in [1.807, 2.05) is 12.3 Å². The van der Waals surface area contributed by atoms with Crippen LogP contribution in [0.4, 0.5) is 0 Å². The van der Waals surface area contributed by atoms with E-state index in [9.17, 15) is 0 Å². The lowest BCUT2D eigenvalue weighted by Gasteiger charge is -2.38. The lowest BCUT2D eigenvalue weighted by atomic mass is 9.96. The molecule has 1 atom stereocenters. The summed E-state index contributed by atoms with van der Waals surface area (Å²) >= 11 is 0. The summed E-state index contributed by atoms with van der Waals surface area (Å²) in [4.78, 5) is 9.53. The maximum Gasteiger partial charge on any atom is 0.0467 e. The average molecular weight is 274 g/mol. The van der Waals surface area contributed by atoms with E-state index in [-0.39, 0.29) is 5.54 Å². The van der Waals surface area contributed by atoms with E-state index >= 15 is 0 Å². The summed E-state index contributed by atoms with van der Waals surface area (Å²) in [6.07, 6.45) is 6.86. The van der Waals surface area contributed by atoms with E-state index in [4.69, 9.17) is 5.73 Å². The molecule has 20 heavy (non-hydrogen) atoms. The molecule has 1 saturated heterocycles. The van der Waals surface area contributed by atoms with Gasteiger partial charge in [0.1, 0.15) is 0 Å². The zero-order valence-electron chi connectivity index (χ0n) is 12.5. The molecule has 1 aromatic heterocycles. The topological polar surface area (TPSA) is 45.4 Å². The van der Waals surface area contributed by atoms with Crippen LogP contribution in [0.15, 0.2) is 24.4 Å². The fourth-order valence-electron chi connectivity index (χ4n) is 3.34. The van der Waals surface area contributed by atoms with Crippen LogP contribution in [0, 0.1) is 0 Å².